The first-order valence-electron chi connectivity index (χ1n) is 14.7. The number of hydrogen-bond donors (Lipinski definition) is 3. The monoisotopic (exact) mass is 581 g/mol. The molecule has 3 aromatic carbocycles. The van der Waals surface area contributed by atoms with E-state index in [1.165, 1.54) is 0 Å². The zero-order chi connectivity index (χ0) is 30.3. The van der Waals surface area contributed by atoms with Gasteiger partial charge in [0.05, 0.1) is 18.8 Å². The summed E-state index contributed by atoms with van der Waals surface area (Å²) in [7, 11) is 0. The van der Waals surface area contributed by atoms with Gasteiger partial charge in [-0.3, -0.25) is 20.4 Å². The summed E-state index contributed by atoms with van der Waals surface area (Å²) < 4.78 is 0. The molecule has 0 saturated carbocycles. The molecule has 10 nitrogen and oxygen atoms in total. The number of anilines is 1. The molecule has 0 spiro atoms. The standard InChI is InChI=1S/C33H39N7O3/c1-3-18-38(33(43)35-20-25-14-9-6-10-15-25)39-23-30(41)40-28(19-24-12-7-5-8-13-24)32(42)37(22-29(39)40)21-27-17-11-16-26(4-2)31(27)36-34/h4-17,28-29,36H,2-3,18-23,34H2,1H3,(H,35,43)/t28-,29+/m0/s1. The van der Waals surface area contributed by atoms with Crippen LogP contribution in [-0.4, -0.2) is 69.5 Å². The Morgan fingerprint density at radius 3 is 2.37 bits per heavy atom. The van der Waals surface area contributed by atoms with Crippen molar-refractivity contribution in [1.29, 1.82) is 0 Å². The molecule has 0 aliphatic carbocycles. The number of rotatable bonds is 11. The lowest BCUT2D eigenvalue weighted by molar-refractivity contribution is -0.157. The third-order valence-electron chi connectivity index (χ3n) is 8.01. The van der Waals surface area contributed by atoms with E-state index < -0.39 is 12.2 Å². The number of hydrogen-bond acceptors (Lipinski definition) is 6. The van der Waals surface area contributed by atoms with Crippen LogP contribution >= 0.6 is 0 Å². The molecule has 2 aliphatic rings. The number of amides is 4. The second kappa shape index (κ2) is 13.5. The van der Waals surface area contributed by atoms with Crippen molar-refractivity contribution in [1.82, 2.24) is 25.1 Å². The summed E-state index contributed by atoms with van der Waals surface area (Å²) in [5, 5.41) is 6.47. The van der Waals surface area contributed by atoms with Crippen LogP contribution in [0.1, 0.15) is 35.6 Å². The maximum Gasteiger partial charge on any atom is 0.332 e. The molecule has 3 aromatic rings. The SMILES string of the molecule is C=Cc1cccc(CN2C[C@H]3N(C(=O)CN3N(CCC)C(=O)NCc3ccccc3)[C@@H](Cc3ccccc3)C2=O)c1NN. The van der Waals surface area contributed by atoms with Gasteiger partial charge in [0.2, 0.25) is 11.8 Å². The Hall–Kier alpha value is -4.67. The maximum atomic E-state index is 14.1. The van der Waals surface area contributed by atoms with Crippen molar-refractivity contribution in [2.75, 3.05) is 25.1 Å². The number of nitrogens with two attached hydrogens (primary N) is 1. The van der Waals surface area contributed by atoms with Crippen molar-refractivity contribution in [2.24, 2.45) is 5.84 Å². The van der Waals surface area contributed by atoms with Crippen molar-refractivity contribution < 1.29 is 14.4 Å². The Bertz CT molecular complexity index is 1450. The Morgan fingerprint density at radius 2 is 1.72 bits per heavy atom. The minimum Gasteiger partial charge on any atom is -0.333 e. The molecule has 5 rings (SSSR count). The third-order valence-corrected chi connectivity index (χ3v) is 8.01. The molecule has 2 aliphatic heterocycles. The highest BCUT2D eigenvalue weighted by molar-refractivity contribution is 5.92. The summed E-state index contributed by atoms with van der Waals surface area (Å²) >= 11 is 0. The van der Waals surface area contributed by atoms with Crippen molar-refractivity contribution in [3.8, 4) is 0 Å². The molecule has 4 N–H and O–H groups in total. The van der Waals surface area contributed by atoms with Crippen LogP contribution in [0, 0.1) is 0 Å². The molecule has 43 heavy (non-hydrogen) atoms. The van der Waals surface area contributed by atoms with E-state index >= 15 is 0 Å². The number of nitrogens with one attached hydrogen (secondary N) is 2. The molecule has 0 bridgehead atoms. The molecule has 224 valence electrons. The number of nitrogen functional groups attached to an aromatic ring is 1. The molecule has 2 saturated heterocycles. The first kappa shape index (κ1) is 29.8. The van der Waals surface area contributed by atoms with Gasteiger partial charge in [0.15, 0.2) is 0 Å². The molecular weight excluding hydrogens is 542 g/mol. The van der Waals surface area contributed by atoms with E-state index in [0.717, 1.165) is 22.3 Å². The average Bonchev–Trinajstić information content (AvgIpc) is 3.36. The number of hydrazine groups is 2. The normalized spacial score (nSPS) is 18.4. The molecule has 2 fully saturated rings. The smallest absolute Gasteiger partial charge is 0.332 e. The number of urea groups is 1. The van der Waals surface area contributed by atoms with Gasteiger partial charge in [-0.05, 0) is 28.7 Å². The van der Waals surface area contributed by atoms with E-state index in [0.29, 0.717) is 31.6 Å². The molecule has 10 heteroatoms. The van der Waals surface area contributed by atoms with Gasteiger partial charge >= 0.3 is 6.03 Å². The van der Waals surface area contributed by atoms with Gasteiger partial charge in [0.1, 0.15) is 12.2 Å². The zero-order valence-electron chi connectivity index (χ0n) is 24.5. The topological polar surface area (TPSA) is 114 Å². The predicted molar refractivity (Wildman–Crippen MR) is 167 cm³/mol. The molecule has 0 radical (unpaired) electrons. The van der Waals surface area contributed by atoms with E-state index in [4.69, 9.17) is 5.84 Å². The number of fused-ring (bicyclic) bond motifs is 1. The second-order valence-electron chi connectivity index (χ2n) is 10.8. The summed E-state index contributed by atoms with van der Waals surface area (Å²) in [5.74, 6) is 5.57. The van der Waals surface area contributed by atoms with Crippen LogP contribution in [-0.2, 0) is 29.1 Å². The van der Waals surface area contributed by atoms with E-state index in [9.17, 15) is 14.4 Å². The van der Waals surface area contributed by atoms with Crippen LogP contribution in [0.4, 0.5) is 10.5 Å². The van der Waals surface area contributed by atoms with Gasteiger partial charge in [-0.2, -0.15) is 5.01 Å². The summed E-state index contributed by atoms with van der Waals surface area (Å²) in [5.41, 5.74) is 7.06. The third kappa shape index (κ3) is 6.40. The maximum absolute atomic E-state index is 14.1. The Labute approximate surface area is 252 Å². The fourth-order valence-electron chi connectivity index (χ4n) is 5.95. The fraction of sp³-hybridized carbons (Fsp3) is 0.303. The van der Waals surface area contributed by atoms with E-state index in [-0.39, 0.29) is 37.5 Å². The predicted octanol–water partition coefficient (Wildman–Crippen LogP) is 3.58. The van der Waals surface area contributed by atoms with Gasteiger partial charge < -0.3 is 20.5 Å². The highest BCUT2D eigenvalue weighted by Crippen LogP contribution is 2.32. The van der Waals surface area contributed by atoms with Crippen molar-refractivity contribution in [3.63, 3.8) is 0 Å². The van der Waals surface area contributed by atoms with Crippen molar-refractivity contribution in [3.05, 3.63) is 108 Å². The number of para-hydroxylation sites is 1. The number of nitrogens with zero attached hydrogens (tertiary/aromatic N) is 4. The van der Waals surface area contributed by atoms with Crippen LogP contribution in [0.2, 0.25) is 0 Å². The zero-order valence-corrected chi connectivity index (χ0v) is 24.5. The van der Waals surface area contributed by atoms with Crippen molar-refractivity contribution in [2.45, 2.75) is 45.1 Å². The van der Waals surface area contributed by atoms with Gasteiger partial charge in [-0.15, -0.1) is 0 Å². The summed E-state index contributed by atoms with van der Waals surface area (Å²) in [4.78, 5) is 44.8. The van der Waals surface area contributed by atoms with Crippen molar-refractivity contribution >= 4 is 29.6 Å². The Kier molecular flexibility index (Phi) is 9.38. The van der Waals surface area contributed by atoms with Crippen LogP contribution in [0.15, 0.2) is 85.4 Å². The number of carbonyl (C=O) groups excluding carboxylic acids is 3. The van der Waals surface area contributed by atoms with E-state index in [1.54, 1.807) is 20.9 Å². The first-order chi connectivity index (χ1) is 20.9. The largest absolute Gasteiger partial charge is 0.333 e. The van der Waals surface area contributed by atoms with Gasteiger partial charge in [-0.1, -0.05) is 98.4 Å². The van der Waals surface area contributed by atoms with Gasteiger partial charge in [0, 0.05) is 26.1 Å². The van der Waals surface area contributed by atoms with E-state index in [2.05, 4.69) is 17.3 Å². The number of benzene rings is 3. The Balaban J connectivity index is 1.46. The van der Waals surface area contributed by atoms with Crippen LogP contribution in [0.3, 0.4) is 0 Å². The first-order valence-corrected chi connectivity index (χ1v) is 14.7. The lowest BCUT2D eigenvalue weighted by atomic mass is 9.99. The highest BCUT2D eigenvalue weighted by atomic mass is 16.2. The summed E-state index contributed by atoms with van der Waals surface area (Å²) in [6.07, 6.45) is 2.27. The lowest BCUT2D eigenvalue weighted by Crippen LogP contribution is -2.66. The van der Waals surface area contributed by atoms with Gasteiger partial charge in [0.25, 0.3) is 0 Å². The summed E-state index contributed by atoms with van der Waals surface area (Å²) in [6.45, 7) is 7.21. The number of carbonyl (C=O) groups is 3. The van der Waals surface area contributed by atoms with Gasteiger partial charge in [-0.25, -0.2) is 4.79 Å². The Morgan fingerprint density at radius 1 is 1.02 bits per heavy atom. The minimum absolute atomic E-state index is 0.0113. The van der Waals surface area contributed by atoms with Crippen LogP contribution in [0.25, 0.3) is 6.08 Å². The lowest BCUT2D eigenvalue weighted by Gasteiger charge is -2.46. The van der Waals surface area contributed by atoms with Crippen LogP contribution in [0.5, 0.6) is 0 Å². The molecular formula is C33H39N7O3. The average molecular weight is 582 g/mol. The highest BCUT2D eigenvalue weighted by Gasteiger charge is 2.52. The fourth-order valence-corrected chi connectivity index (χ4v) is 5.95. The molecule has 0 unspecified atom stereocenters. The number of piperazine rings is 1. The molecule has 2 heterocycles. The molecule has 0 aromatic heterocycles. The quantitative estimate of drug-likeness (QED) is 0.236. The molecule has 4 amide bonds. The van der Waals surface area contributed by atoms with Crippen LogP contribution < -0.4 is 16.6 Å². The minimum atomic E-state index is -0.716. The summed E-state index contributed by atoms with van der Waals surface area (Å²) in [6, 6.07) is 24.1. The second-order valence-corrected chi connectivity index (χ2v) is 10.8. The van der Waals surface area contributed by atoms with E-state index in [1.807, 2.05) is 90.8 Å². The molecule has 2 atom stereocenters.